The molecule has 1 aliphatic rings. The van der Waals surface area contributed by atoms with Gasteiger partial charge in [-0.25, -0.2) is 0 Å². The Kier molecular flexibility index (Phi) is 4.89. The number of H-pyrrole nitrogens is 1. The number of aromatic nitrogens is 1. The van der Waals surface area contributed by atoms with Crippen LogP contribution in [0.4, 0.5) is 5.69 Å². The van der Waals surface area contributed by atoms with Crippen molar-refractivity contribution in [2.75, 3.05) is 18.5 Å². The van der Waals surface area contributed by atoms with Crippen LogP contribution in [0, 0.1) is 12.3 Å². The van der Waals surface area contributed by atoms with Gasteiger partial charge < -0.3 is 19.3 Å². The second kappa shape index (κ2) is 7.06. The minimum absolute atomic E-state index is 0.0169. The number of anilines is 1. The summed E-state index contributed by atoms with van der Waals surface area (Å²) in [7, 11) is 0. The smallest absolute Gasteiger partial charge is 0.215 e. The quantitative estimate of drug-likeness (QED) is 0.530. The van der Waals surface area contributed by atoms with E-state index in [0.717, 1.165) is 22.2 Å². The van der Waals surface area contributed by atoms with Crippen LogP contribution in [0.2, 0.25) is 0 Å². The predicted molar refractivity (Wildman–Crippen MR) is 116 cm³/mol. The van der Waals surface area contributed by atoms with Gasteiger partial charge in [0, 0.05) is 33.8 Å². The van der Waals surface area contributed by atoms with E-state index in [4.69, 9.17) is 20.9 Å². The fourth-order valence-corrected chi connectivity index (χ4v) is 6.32. The average Bonchev–Trinajstić information content (AvgIpc) is 3.08. The number of hydrogen-bond donors (Lipinski definition) is 2. The Labute approximate surface area is 165 Å². The molecule has 0 spiro atoms. The van der Waals surface area contributed by atoms with Gasteiger partial charge in [0.15, 0.2) is 0 Å². The van der Waals surface area contributed by atoms with Crippen LogP contribution in [0.1, 0.15) is 30.8 Å². The first-order valence-electron chi connectivity index (χ1n) is 9.14. The summed E-state index contributed by atoms with van der Waals surface area (Å²) >= 11 is 6.00. The summed E-state index contributed by atoms with van der Waals surface area (Å²) in [5.41, 5.74) is 4.39. The van der Waals surface area contributed by atoms with Crippen LogP contribution in [0.15, 0.2) is 54.7 Å². The molecule has 1 unspecified atom stereocenters. The van der Waals surface area contributed by atoms with Crippen LogP contribution in [-0.4, -0.2) is 18.2 Å². The molecule has 27 heavy (non-hydrogen) atoms. The third kappa shape index (κ3) is 3.83. The lowest BCUT2D eigenvalue weighted by atomic mass is 9.97. The molecular weight excluding hydrogens is 375 g/mol. The Hall–Kier alpha value is -1.65. The molecular formula is C21H25N2O2PS. The highest BCUT2D eigenvalue weighted by molar-refractivity contribution is 8.10. The van der Waals surface area contributed by atoms with Crippen LogP contribution in [0.5, 0.6) is 0 Å². The molecule has 1 atom stereocenters. The molecule has 0 saturated carbocycles. The number of aromatic amines is 1. The summed E-state index contributed by atoms with van der Waals surface area (Å²) in [5, 5.41) is 4.76. The van der Waals surface area contributed by atoms with E-state index in [0.29, 0.717) is 13.2 Å². The summed E-state index contributed by atoms with van der Waals surface area (Å²) in [5.74, 6) is -0.220. The molecule has 0 aliphatic carbocycles. The standard InChI is InChI=1S/C21H25N2O2PS/c1-15-8-10-16(11-9-15)23-20(26(27)24-13-21(2,3)14-25-26)18-12-22-19-7-5-4-6-17(18)19/h4-12,20,22-23H,13-14H2,1-3H3. The minimum Gasteiger partial charge on any atom is -0.370 e. The lowest BCUT2D eigenvalue weighted by Crippen LogP contribution is -2.31. The highest BCUT2D eigenvalue weighted by atomic mass is 32.5. The predicted octanol–water partition coefficient (Wildman–Crippen LogP) is 5.97. The number of hydrogen-bond acceptors (Lipinski definition) is 4. The van der Waals surface area contributed by atoms with E-state index in [2.05, 4.69) is 67.5 Å². The van der Waals surface area contributed by atoms with Gasteiger partial charge in [-0.05, 0) is 36.9 Å². The average molecular weight is 400 g/mol. The van der Waals surface area contributed by atoms with Crippen molar-refractivity contribution in [3.05, 3.63) is 65.9 Å². The molecule has 0 bridgehead atoms. The van der Waals surface area contributed by atoms with Crippen LogP contribution < -0.4 is 5.32 Å². The molecule has 4 rings (SSSR count). The van der Waals surface area contributed by atoms with Crippen LogP contribution in [0.3, 0.4) is 0 Å². The van der Waals surface area contributed by atoms with Gasteiger partial charge >= 0.3 is 0 Å². The first kappa shape index (κ1) is 18.7. The largest absolute Gasteiger partial charge is 0.370 e. The van der Waals surface area contributed by atoms with Crippen molar-refractivity contribution >= 4 is 34.9 Å². The molecule has 0 amide bonds. The van der Waals surface area contributed by atoms with E-state index < -0.39 is 6.49 Å². The number of rotatable bonds is 4. The maximum absolute atomic E-state index is 6.24. The van der Waals surface area contributed by atoms with Gasteiger partial charge in [-0.2, -0.15) is 0 Å². The van der Waals surface area contributed by atoms with Crippen molar-refractivity contribution in [1.82, 2.24) is 4.98 Å². The summed E-state index contributed by atoms with van der Waals surface area (Å²) in [4.78, 5) is 3.36. The number of nitrogens with one attached hydrogen (secondary N) is 2. The monoisotopic (exact) mass is 400 g/mol. The topological polar surface area (TPSA) is 46.3 Å². The van der Waals surface area contributed by atoms with Gasteiger partial charge in [-0.15, -0.1) is 0 Å². The zero-order valence-electron chi connectivity index (χ0n) is 15.9. The Balaban J connectivity index is 1.75. The number of fused-ring (bicyclic) bond motifs is 1. The molecule has 0 radical (unpaired) electrons. The first-order chi connectivity index (χ1) is 12.9. The summed E-state index contributed by atoms with van der Waals surface area (Å²) < 4.78 is 12.5. The third-order valence-electron chi connectivity index (χ3n) is 4.86. The van der Waals surface area contributed by atoms with Crippen molar-refractivity contribution in [2.24, 2.45) is 5.41 Å². The molecule has 1 saturated heterocycles. The minimum atomic E-state index is -2.57. The van der Waals surface area contributed by atoms with Crippen LogP contribution in [0.25, 0.3) is 10.9 Å². The number of para-hydroxylation sites is 1. The van der Waals surface area contributed by atoms with Crippen LogP contribution in [-0.2, 0) is 20.9 Å². The Bertz CT molecular complexity index is 983. The maximum atomic E-state index is 6.24. The molecule has 6 heteroatoms. The number of benzene rings is 2. The SMILES string of the molecule is Cc1ccc(NC(c2c[nH]c3ccccc23)P2(=S)OCC(C)(C)CO2)cc1. The Morgan fingerprint density at radius 3 is 2.44 bits per heavy atom. The molecule has 142 valence electrons. The summed E-state index contributed by atoms with van der Waals surface area (Å²) in [6, 6.07) is 16.6. The highest BCUT2D eigenvalue weighted by Gasteiger charge is 2.40. The summed E-state index contributed by atoms with van der Waals surface area (Å²) in [6.07, 6.45) is 2.02. The van der Waals surface area contributed by atoms with E-state index in [9.17, 15) is 0 Å². The third-order valence-corrected chi connectivity index (χ3v) is 8.14. The van der Waals surface area contributed by atoms with E-state index in [-0.39, 0.29) is 11.2 Å². The van der Waals surface area contributed by atoms with Gasteiger partial charge in [0.05, 0.1) is 13.2 Å². The molecule has 4 nitrogen and oxygen atoms in total. The Morgan fingerprint density at radius 1 is 1.07 bits per heavy atom. The fourth-order valence-electron chi connectivity index (χ4n) is 3.21. The van der Waals surface area contributed by atoms with Gasteiger partial charge in [0.25, 0.3) is 0 Å². The van der Waals surface area contributed by atoms with Crippen molar-refractivity contribution in [2.45, 2.75) is 26.6 Å². The zero-order chi connectivity index (χ0) is 19.1. The molecule has 2 aromatic carbocycles. The lowest BCUT2D eigenvalue weighted by Gasteiger charge is -2.40. The lowest BCUT2D eigenvalue weighted by molar-refractivity contribution is 0.0579. The second-order valence-corrected chi connectivity index (χ2v) is 11.6. The van der Waals surface area contributed by atoms with E-state index in [1.807, 2.05) is 18.3 Å². The van der Waals surface area contributed by atoms with Gasteiger partial charge in [-0.1, -0.05) is 49.7 Å². The van der Waals surface area contributed by atoms with Crippen molar-refractivity contribution in [3.63, 3.8) is 0 Å². The normalized spacial score (nSPS) is 19.7. The van der Waals surface area contributed by atoms with E-state index in [1.54, 1.807) is 0 Å². The molecule has 3 aromatic rings. The molecule has 2 heterocycles. The van der Waals surface area contributed by atoms with Crippen molar-refractivity contribution in [3.8, 4) is 0 Å². The van der Waals surface area contributed by atoms with Gasteiger partial charge in [0.2, 0.25) is 6.49 Å². The Morgan fingerprint density at radius 2 is 1.74 bits per heavy atom. The molecule has 1 fully saturated rings. The van der Waals surface area contributed by atoms with Gasteiger partial charge in [0.1, 0.15) is 5.78 Å². The highest BCUT2D eigenvalue weighted by Crippen LogP contribution is 2.64. The van der Waals surface area contributed by atoms with Crippen molar-refractivity contribution in [1.29, 1.82) is 0 Å². The fraction of sp³-hybridized carbons (Fsp3) is 0.333. The number of aryl methyl sites for hydroxylation is 1. The first-order valence-corrected chi connectivity index (χ1v) is 11.9. The van der Waals surface area contributed by atoms with E-state index >= 15 is 0 Å². The zero-order valence-corrected chi connectivity index (χ0v) is 17.6. The van der Waals surface area contributed by atoms with Gasteiger partial charge in [-0.3, -0.25) is 0 Å². The van der Waals surface area contributed by atoms with E-state index in [1.165, 1.54) is 5.56 Å². The van der Waals surface area contributed by atoms with Crippen LogP contribution >= 0.6 is 6.49 Å². The second-order valence-electron chi connectivity index (χ2n) is 7.95. The molecule has 1 aliphatic heterocycles. The molecule has 2 N–H and O–H groups in total. The summed E-state index contributed by atoms with van der Waals surface area (Å²) in [6.45, 7) is 5.01. The van der Waals surface area contributed by atoms with Crippen molar-refractivity contribution < 1.29 is 9.05 Å². The maximum Gasteiger partial charge on any atom is 0.215 e. The molecule has 1 aromatic heterocycles.